The summed E-state index contributed by atoms with van der Waals surface area (Å²) in [6.45, 7) is 1.12. The number of nitrogens with two attached hydrogens (primary N) is 1. The minimum Gasteiger partial charge on any atom is -0.385 e. The Morgan fingerprint density at radius 2 is 2.11 bits per heavy atom. The number of rotatable bonds is 5. The molecule has 0 atom stereocenters. The summed E-state index contributed by atoms with van der Waals surface area (Å²) in [4.78, 5) is 4.02. The maximum Gasteiger partial charge on any atom is 0.201 e. The molecule has 0 unspecified atom stereocenters. The SMILES string of the molecule is COCCCCn1c(N)nc2ccc(F)c(F)c21. The van der Waals surface area contributed by atoms with Gasteiger partial charge < -0.3 is 15.0 Å². The van der Waals surface area contributed by atoms with Crippen LogP contribution in [0.25, 0.3) is 11.0 Å². The molecule has 4 nitrogen and oxygen atoms in total. The van der Waals surface area contributed by atoms with E-state index in [1.165, 1.54) is 10.6 Å². The summed E-state index contributed by atoms with van der Waals surface area (Å²) in [7, 11) is 1.62. The number of nitrogens with zero attached hydrogens (tertiary/aromatic N) is 2. The largest absolute Gasteiger partial charge is 0.385 e. The maximum absolute atomic E-state index is 13.7. The lowest BCUT2D eigenvalue weighted by atomic mass is 10.2. The van der Waals surface area contributed by atoms with Crippen molar-refractivity contribution < 1.29 is 13.5 Å². The Bertz CT molecular complexity index is 554. The van der Waals surface area contributed by atoms with E-state index >= 15 is 0 Å². The standard InChI is InChI=1S/C12H15F2N3O/c1-18-7-3-2-6-17-11-9(16-12(17)15)5-4-8(13)10(11)14/h4-5H,2-3,6-7H2,1H3,(H2,15,16). The molecule has 98 valence electrons. The van der Waals surface area contributed by atoms with Crippen molar-refractivity contribution in [3.05, 3.63) is 23.8 Å². The number of hydrogen-bond acceptors (Lipinski definition) is 3. The summed E-state index contributed by atoms with van der Waals surface area (Å²) in [5.41, 5.74) is 6.22. The van der Waals surface area contributed by atoms with E-state index in [4.69, 9.17) is 10.5 Å². The molecule has 2 aromatic rings. The summed E-state index contributed by atoms with van der Waals surface area (Å²) in [5, 5.41) is 0. The van der Waals surface area contributed by atoms with Gasteiger partial charge in [-0.15, -0.1) is 0 Å². The van der Waals surface area contributed by atoms with Gasteiger partial charge in [-0.25, -0.2) is 13.8 Å². The van der Waals surface area contributed by atoms with Gasteiger partial charge in [0.25, 0.3) is 0 Å². The Hall–Kier alpha value is -1.69. The highest BCUT2D eigenvalue weighted by Gasteiger charge is 2.15. The Labute approximate surface area is 103 Å². The van der Waals surface area contributed by atoms with Gasteiger partial charge in [-0.2, -0.15) is 0 Å². The number of aromatic nitrogens is 2. The second kappa shape index (κ2) is 5.30. The highest BCUT2D eigenvalue weighted by molar-refractivity contribution is 5.79. The lowest BCUT2D eigenvalue weighted by Crippen LogP contribution is -2.05. The van der Waals surface area contributed by atoms with Crippen molar-refractivity contribution >= 4 is 17.0 Å². The van der Waals surface area contributed by atoms with Crippen LogP contribution in [0.4, 0.5) is 14.7 Å². The van der Waals surface area contributed by atoms with Crippen molar-refractivity contribution in [2.24, 2.45) is 0 Å². The summed E-state index contributed by atoms with van der Waals surface area (Å²) < 4.78 is 33.4. The number of anilines is 1. The lowest BCUT2D eigenvalue weighted by Gasteiger charge is -2.06. The van der Waals surface area contributed by atoms with Gasteiger partial charge in [-0.05, 0) is 25.0 Å². The second-order valence-electron chi connectivity index (χ2n) is 4.05. The fraction of sp³-hybridized carbons (Fsp3) is 0.417. The molecule has 0 radical (unpaired) electrons. The average Bonchev–Trinajstić information content (AvgIpc) is 2.67. The predicted molar refractivity (Wildman–Crippen MR) is 65.2 cm³/mol. The zero-order chi connectivity index (χ0) is 13.1. The Balaban J connectivity index is 2.31. The number of imidazole rings is 1. The van der Waals surface area contributed by atoms with E-state index in [9.17, 15) is 8.78 Å². The van der Waals surface area contributed by atoms with Crippen LogP contribution in [-0.2, 0) is 11.3 Å². The minimum atomic E-state index is -0.900. The van der Waals surface area contributed by atoms with Crippen LogP contribution in [0, 0.1) is 11.6 Å². The first-order valence-corrected chi connectivity index (χ1v) is 5.73. The number of fused-ring (bicyclic) bond motifs is 1. The average molecular weight is 255 g/mol. The number of ether oxygens (including phenoxy) is 1. The lowest BCUT2D eigenvalue weighted by molar-refractivity contribution is 0.191. The Morgan fingerprint density at radius 1 is 1.33 bits per heavy atom. The summed E-state index contributed by atoms with van der Waals surface area (Å²) in [6.07, 6.45) is 1.59. The van der Waals surface area contributed by atoms with Crippen LogP contribution in [0.15, 0.2) is 12.1 Å². The molecular formula is C12H15F2N3O. The summed E-state index contributed by atoms with van der Waals surface area (Å²) in [5.74, 6) is -1.59. The zero-order valence-corrected chi connectivity index (χ0v) is 10.1. The van der Waals surface area contributed by atoms with E-state index in [-0.39, 0.29) is 11.5 Å². The molecule has 0 spiro atoms. The quantitative estimate of drug-likeness (QED) is 0.834. The van der Waals surface area contributed by atoms with Gasteiger partial charge in [0.15, 0.2) is 11.6 Å². The number of benzene rings is 1. The van der Waals surface area contributed by atoms with E-state index in [0.717, 1.165) is 18.9 Å². The molecule has 1 heterocycles. The molecule has 2 rings (SSSR count). The van der Waals surface area contributed by atoms with Crippen molar-refractivity contribution in [2.75, 3.05) is 19.5 Å². The molecule has 0 amide bonds. The zero-order valence-electron chi connectivity index (χ0n) is 10.1. The smallest absolute Gasteiger partial charge is 0.201 e. The number of unbranched alkanes of at least 4 members (excludes halogenated alkanes) is 1. The fourth-order valence-corrected chi connectivity index (χ4v) is 1.92. The molecule has 0 saturated heterocycles. The van der Waals surface area contributed by atoms with Crippen LogP contribution in [0.5, 0.6) is 0 Å². The molecule has 0 aliphatic rings. The number of aryl methyl sites for hydroxylation is 1. The van der Waals surface area contributed by atoms with Crippen LogP contribution >= 0.6 is 0 Å². The maximum atomic E-state index is 13.7. The monoisotopic (exact) mass is 255 g/mol. The third-order valence-corrected chi connectivity index (χ3v) is 2.81. The Morgan fingerprint density at radius 3 is 2.83 bits per heavy atom. The molecule has 0 aliphatic heterocycles. The predicted octanol–water partition coefficient (Wildman–Crippen LogP) is 2.32. The molecule has 18 heavy (non-hydrogen) atoms. The molecule has 2 N–H and O–H groups in total. The first kappa shape index (κ1) is 12.8. The third-order valence-electron chi connectivity index (χ3n) is 2.81. The fourth-order valence-electron chi connectivity index (χ4n) is 1.92. The van der Waals surface area contributed by atoms with Crippen LogP contribution in [-0.4, -0.2) is 23.3 Å². The molecule has 0 fully saturated rings. The van der Waals surface area contributed by atoms with Gasteiger partial charge in [0.05, 0.1) is 5.52 Å². The van der Waals surface area contributed by atoms with E-state index in [2.05, 4.69) is 4.98 Å². The van der Waals surface area contributed by atoms with Gasteiger partial charge in [0, 0.05) is 20.3 Å². The molecule has 1 aromatic carbocycles. The number of halogens is 2. The minimum absolute atomic E-state index is 0.130. The molecule has 0 saturated carbocycles. The van der Waals surface area contributed by atoms with E-state index in [1.54, 1.807) is 7.11 Å². The highest BCUT2D eigenvalue weighted by atomic mass is 19.2. The van der Waals surface area contributed by atoms with Gasteiger partial charge >= 0.3 is 0 Å². The molecule has 1 aromatic heterocycles. The van der Waals surface area contributed by atoms with Gasteiger partial charge in [0.2, 0.25) is 5.95 Å². The normalized spacial score (nSPS) is 11.3. The molecular weight excluding hydrogens is 240 g/mol. The van der Waals surface area contributed by atoms with Crippen LogP contribution in [0.3, 0.4) is 0 Å². The van der Waals surface area contributed by atoms with Crippen LogP contribution in [0.2, 0.25) is 0 Å². The molecule has 6 heteroatoms. The number of nitrogen functional groups attached to an aromatic ring is 1. The Kier molecular flexibility index (Phi) is 3.76. The topological polar surface area (TPSA) is 53.1 Å². The highest BCUT2D eigenvalue weighted by Crippen LogP contribution is 2.23. The van der Waals surface area contributed by atoms with E-state index in [1.807, 2.05) is 0 Å². The second-order valence-corrected chi connectivity index (χ2v) is 4.05. The first-order chi connectivity index (χ1) is 8.65. The number of hydrogen-bond donors (Lipinski definition) is 1. The molecule has 0 aliphatic carbocycles. The van der Waals surface area contributed by atoms with Crippen molar-refractivity contribution in [2.45, 2.75) is 19.4 Å². The van der Waals surface area contributed by atoms with Gasteiger partial charge in [0.1, 0.15) is 5.52 Å². The van der Waals surface area contributed by atoms with E-state index < -0.39 is 11.6 Å². The van der Waals surface area contributed by atoms with Crippen molar-refractivity contribution in [1.82, 2.24) is 9.55 Å². The summed E-state index contributed by atoms with van der Waals surface area (Å²) in [6, 6.07) is 2.48. The van der Waals surface area contributed by atoms with Gasteiger partial charge in [-0.3, -0.25) is 0 Å². The molecule has 0 bridgehead atoms. The van der Waals surface area contributed by atoms with Crippen molar-refractivity contribution in [3.8, 4) is 0 Å². The van der Waals surface area contributed by atoms with Crippen LogP contribution < -0.4 is 5.73 Å². The third kappa shape index (κ3) is 2.28. The first-order valence-electron chi connectivity index (χ1n) is 5.73. The van der Waals surface area contributed by atoms with Crippen molar-refractivity contribution in [3.63, 3.8) is 0 Å². The summed E-state index contributed by atoms with van der Waals surface area (Å²) >= 11 is 0. The van der Waals surface area contributed by atoms with Gasteiger partial charge in [-0.1, -0.05) is 0 Å². The van der Waals surface area contributed by atoms with E-state index in [0.29, 0.717) is 18.7 Å². The van der Waals surface area contributed by atoms with Crippen LogP contribution in [0.1, 0.15) is 12.8 Å². The number of methoxy groups -OCH3 is 1. The van der Waals surface area contributed by atoms with Crippen molar-refractivity contribution in [1.29, 1.82) is 0 Å².